The van der Waals surface area contributed by atoms with E-state index < -0.39 is 20.2 Å². The summed E-state index contributed by atoms with van der Waals surface area (Å²) in [6.07, 6.45) is 1.17. The molecule has 0 radical (unpaired) electrons. The molecule has 1 heterocycles. The van der Waals surface area contributed by atoms with Crippen LogP contribution >= 0.6 is 23.2 Å². The van der Waals surface area contributed by atoms with Gasteiger partial charge in [-0.25, -0.2) is 13.1 Å². The van der Waals surface area contributed by atoms with Crippen LogP contribution in [0, 0.1) is 12.8 Å². The van der Waals surface area contributed by atoms with Crippen molar-refractivity contribution in [2.75, 3.05) is 33.7 Å². The van der Waals surface area contributed by atoms with E-state index in [2.05, 4.69) is 4.72 Å². The lowest BCUT2D eigenvalue weighted by Gasteiger charge is -2.32. The van der Waals surface area contributed by atoms with Crippen molar-refractivity contribution in [3.8, 4) is 0 Å². The largest absolute Gasteiger partial charge is 0.281 e. The molecule has 0 saturated carbocycles. The highest BCUT2D eigenvalue weighted by Gasteiger charge is 2.30. The molecule has 0 bridgehead atoms. The van der Waals surface area contributed by atoms with Gasteiger partial charge < -0.3 is 0 Å². The Morgan fingerprint density at radius 1 is 1.12 bits per heavy atom. The summed E-state index contributed by atoms with van der Waals surface area (Å²) in [5, 5.41) is 0.475. The molecule has 0 spiro atoms. The van der Waals surface area contributed by atoms with Gasteiger partial charge in [0.2, 0.25) is 10.0 Å². The van der Waals surface area contributed by atoms with Gasteiger partial charge in [-0.1, -0.05) is 23.2 Å². The maximum Gasteiger partial charge on any atom is 0.281 e. The highest BCUT2D eigenvalue weighted by molar-refractivity contribution is 7.89. The summed E-state index contributed by atoms with van der Waals surface area (Å²) in [6, 6.07) is 2.86. The third kappa shape index (κ3) is 4.89. The van der Waals surface area contributed by atoms with Crippen molar-refractivity contribution in [1.82, 2.24) is 13.3 Å². The molecule has 1 aliphatic heterocycles. The van der Waals surface area contributed by atoms with E-state index in [1.54, 1.807) is 6.92 Å². The third-order valence-corrected chi connectivity index (χ3v) is 8.66. The summed E-state index contributed by atoms with van der Waals surface area (Å²) in [5.41, 5.74) is 0.624. The molecule has 0 aromatic heterocycles. The van der Waals surface area contributed by atoms with E-state index in [9.17, 15) is 16.8 Å². The van der Waals surface area contributed by atoms with Gasteiger partial charge in [-0.3, -0.25) is 0 Å². The first-order chi connectivity index (χ1) is 11.9. The zero-order chi connectivity index (χ0) is 19.7. The average molecular weight is 444 g/mol. The molecule has 11 heteroatoms. The molecule has 0 atom stereocenters. The molecule has 0 unspecified atom stereocenters. The predicted octanol–water partition coefficient (Wildman–Crippen LogP) is 2.10. The summed E-state index contributed by atoms with van der Waals surface area (Å²) in [5.74, 6) is 0.0607. The Bertz CT molecular complexity index is 865. The van der Waals surface area contributed by atoms with Gasteiger partial charge in [-0.05, 0) is 43.4 Å². The number of hydrogen-bond donors (Lipinski definition) is 1. The van der Waals surface area contributed by atoms with E-state index in [4.69, 9.17) is 23.2 Å². The fraction of sp³-hybridized carbons (Fsp3) is 0.600. The van der Waals surface area contributed by atoms with Gasteiger partial charge in [0.05, 0.1) is 5.02 Å². The maximum atomic E-state index is 12.5. The molecule has 1 saturated heterocycles. The molecule has 1 fully saturated rings. The first-order valence-electron chi connectivity index (χ1n) is 8.08. The molecule has 1 N–H and O–H groups in total. The number of halogens is 2. The van der Waals surface area contributed by atoms with Crippen LogP contribution in [0.1, 0.15) is 18.4 Å². The first kappa shape index (κ1) is 21.9. The number of piperidine rings is 1. The van der Waals surface area contributed by atoms with Crippen molar-refractivity contribution in [1.29, 1.82) is 0 Å². The Kier molecular flexibility index (Phi) is 6.98. The highest BCUT2D eigenvalue weighted by atomic mass is 35.5. The van der Waals surface area contributed by atoms with Crippen molar-refractivity contribution >= 4 is 43.4 Å². The SMILES string of the molecule is Cc1cc(S(=O)(=O)NCC2CCN(S(=O)(=O)N(C)C)CC2)c(Cl)cc1Cl. The summed E-state index contributed by atoms with van der Waals surface area (Å²) in [7, 11) is -4.20. The average Bonchev–Trinajstić information content (AvgIpc) is 2.56. The molecule has 1 aromatic carbocycles. The molecular weight excluding hydrogens is 421 g/mol. The lowest BCUT2D eigenvalue weighted by atomic mass is 9.99. The highest BCUT2D eigenvalue weighted by Crippen LogP contribution is 2.28. The van der Waals surface area contributed by atoms with E-state index >= 15 is 0 Å². The molecule has 1 aliphatic rings. The number of hydrogen-bond acceptors (Lipinski definition) is 4. The van der Waals surface area contributed by atoms with Crippen molar-refractivity contribution in [2.45, 2.75) is 24.7 Å². The number of nitrogens with one attached hydrogen (secondary N) is 1. The second-order valence-electron chi connectivity index (χ2n) is 6.52. The standard InChI is InChI=1S/C15H23Cl2N3O4S2/c1-11-8-15(14(17)9-13(11)16)25(21,22)18-10-12-4-6-20(7-5-12)26(23,24)19(2)3/h8-9,12,18H,4-7,10H2,1-3H3. The van der Waals surface area contributed by atoms with E-state index in [1.165, 1.54) is 34.8 Å². The van der Waals surface area contributed by atoms with E-state index in [-0.39, 0.29) is 22.4 Å². The Morgan fingerprint density at radius 3 is 2.23 bits per heavy atom. The molecular formula is C15H23Cl2N3O4S2. The van der Waals surface area contributed by atoms with Gasteiger partial charge >= 0.3 is 0 Å². The summed E-state index contributed by atoms with van der Waals surface area (Å²) < 4.78 is 54.4. The Hall–Kier alpha value is -0.420. The number of sulfonamides is 1. The second-order valence-corrected chi connectivity index (χ2v) is 11.2. The van der Waals surface area contributed by atoms with Gasteiger partial charge in [0.1, 0.15) is 4.90 Å². The lowest BCUT2D eigenvalue weighted by Crippen LogP contribution is -2.45. The lowest BCUT2D eigenvalue weighted by molar-refractivity contribution is 0.263. The summed E-state index contributed by atoms with van der Waals surface area (Å²) in [6.45, 7) is 2.68. The van der Waals surface area contributed by atoms with Gasteiger partial charge in [0.25, 0.3) is 10.2 Å². The van der Waals surface area contributed by atoms with Gasteiger partial charge in [-0.15, -0.1) is 0 Å². The smallest absolute Gasteiger partial charge is 0.211 e. The number of nitrogens with zero attached hydrogens (tertiary/aromatic N) is 2. The normalized spacial score (nSPS) is 17.8. The van der Waals surface area contributed by atoms with Gasteiger partial charge in [0, 0.05) is 38.8 Å². The van der Waals surface area contributed by atoms with Crippen LogP contribution in [0.15, 0.2) is 17.0 Å². The number of benzene rings is 1. The van der Waals surface area contributed by atoms with Crippen LogP contribution in [0.4, 0.5) is 0 Å². The quantitative estimate of drug-likeness (QED) is 0.728. The Balaban J connectivity index is 1.99. The predicted molar refractivity (Wildman–Crippen MR) is 103 cm³/mol. The topological polar surface area (TPSA) is 86.8 Å². The third-order valence-electron chi connectivity index (χ3n) is 4.43. The van der Waals surface area contributed by atoms with Crippen LogP contribution in [0.25, 0.3) is 0 Å². The van der Waals surface area contributed by atoms with Gasteiger partial charge in [0.15, 0.2) is 0 Å². The van der Waals surface area contributed by atoms with Crippen LogP contribution in [0.3, 0.4) is 0 Å². The molecule has 2 rings (SSSR count). The summed E-state index contributed by atoms with van der Waals surface area (Å²) in [4.78, 5) is -0.00584. The van der Waals surface area contributed by atoms with E-state index in [0.29, 0.717) is 36.5 Å². The van der Waals surface area contributed by atoms with Crippen molar-refractivity contribution in [3.05, 3.63) is 27.7 Å². The zero-order valence-electron chi connectivity index (χ0n) is 14.9. The second kappa shape index (κ2) is 8.30. The fourth-order valence-electron chi connectivity index (χ4n) is 2.72. The maximum absolute atomic E-state index is 12.5. The zero-order valence-corrected chi connectivity index (χ0v) is 18.0. The van der Waals surface area contributed by atoms with Crippen LogP contribution in [0.5, 0.6) is 0 Å². The molecule has 26 heavy (non-hydrogen) atoms. The minimum absolute atomic E-state index is 0.00584. The van der Waals surface area contributed by atoms with E-state index in [1.807, 2.05) is 0 Å². The van der Waals surface area contributed by atoms with Crippen molar-refractivity contribution in [2.24, 2.45) is 5.92 Å². The van der Waals surface area contributed by atoms with Crippen LogP contribution in [-0.4, -0.2) is 59.2 Å². The monoisotopic (exact) mass is 443 g/mol. The Labute approximate surface area is 165 Å². The van der Waals surface area contributed by atoms with Gasteiger partial charge in [-0.2, -0.15) is 17.0 Å². The molecule has 7 nitrogen and oxygen atoms in total. The molecule has 0 amide bonds. The van der Waals surface area contributed by atoms with Crippen LogP contribution < -0.4 is 4.72 Å². The van der Waals surface area contributed by atoms with E-state index in [0.717, 1.165) is 0 Å². The fourth-order valence-corrected chi connectivity index (χ4v) is 5.80. The summed E-state index contributed by atoms with van der Waals surface area (Å²) >= 11 is 12.0. The molecule has 0 aliphatic carbocycles. The minimum Gasteiger partial charge on any atom is -0.211 e. The minimum atomic E-state index is -3.77. The van der Waals surface area contributed by atoms with Crippen molar-refractivity contribution < 1.29 is 16.8 Å². The number of rotatable bonds is 6. The van der Waals surface area contributed by atoms with Crippen molar-refractivity contribution in [3.63, 3.8) is 0 Å². The Morgan fingerprint density at radius 2 is 1.69 bits per heavy atom. The number of aryl methyl sites for hydroxylation is 1. The van der Waals surface area contributed by atoms with Crippen LogP contribution in [-0.2, 0) is 20.2 Å². The molecule has 148 valence electrons. The van der Waals surface area contributed by atoms with Crippen LogP contribution in [0.2, 0.25) is 10.0 Å². The molecule has 1 aromatic rings. The first-order valence-corrected chi connectivity index (χ1v) is 11.7.